The van der Waals surface area contributed by atoms with Crippen LogP contribution >= 0.6 is 24.8 Å². The summed E-state index contributed by atoms with van der Waals surface area (Å²) in [6.07, 6.45) is 1.99. The quantitative estimate of drug-likeness (QED) is 0.751. The van der Waals surface area contributed by atoms with Crippen LogP contribution in [-0.2, 0) is 9.53 Å². The molecule has 0 aromatic heterocycles. The predicted octanol–water partition coefficient (Wildman–Crippen LogP) is 0.683. The Labute approximate surface area is 89.8 Å². The molecule has 1 fully saturated rings. The number of aliphatic carboxylic acids is 1. The predicted molar refractivity (Wildman–Crippen MR) is 54.0 cm³/mol. The lowest BCUT2D eigenvalue weighted by Gasteiger charge is -2.21. The normalized spacial score (nSPS) is 16.9. The van der Waals surface area contributed by atoms with Crippen molar-refractivity contribution in [1.29, 1.82) is 0 Å². The van der Waals surface area contributed by atoms with E-state index in [9.17, 15) is 4.79 Å². The van der Waals surface area contributed by atoms with Gasteiger partial charge < -0.3 is 15.2 Å². The number of piperidine rings is 1. The molecule has 0 atom stereocenters. The van der Waals surface area contributed by atoms with Gasteiger partial charge in [0.05, 0.1) is 6.10 Å². The molecule has 0 aliphatic carbocycles. The molecule has 0 aromatic carbocycles. The van der Waals surface area contributed by atoms with E-state index >= 15 is 0 Å². The van der Waals surface area contributed by atoms with Crippen molar-refractivity contribution >= 4 is 30.8 Å². The van der Waals surface area contributed by atoms with Crippen LogP contribution < -0.4 is 5.32 Å². The lowest BCUT2D eigenvalue weighted by Crippen LogP contribution is -2.33. The molecule has 0 aromatic rings. The second-order valence-electron chi connectivity index (χ2n) is 2.65. The fourth-order valence-corrected chi connectivity index (χ4v) is 1.15. The van der Waals surface area contributed by atoms with Gasteiger partial charge in [-0.05, 0) is 25.9 Å². The summed E-state index contributed by atoms with van der Waals surface area (Å²) < 4.78 is 5.10. The van der Waals surface area contributed by atoms with E-state index in [1.54, 1.807) is 0 Å². The molecule has 1 heterocycles. The lowest BCUT2D eigenvalue weighted by atomic mass is 10.1. The Balaban J connectivity index is 0. The molecule has 0 bridgehead atoms. The third kappa shape index (κ3) is 7.07. The van der Waals surface area contributed by atoms with Gasteiger partial charge in [0.25, 0.3) is 0 Å². The highest BCUT2D eigenvalue weighted by molar-refractivity contribution is 5.85. The summed E-state index contributed by atoms with van der Waals surface area (Å²) in [6.45, 7) is 1.71. The first-order chi connectivity index (χ1) is 5.29. The summed E-state index contributed by atoms with van der Waals surface area (Å²) in [5, 5.41) is 11.5. The van der Waals surface area contributed by atoms with Crippen molar-refractivity contribution in [2.45, 2.75) is 18.9 Å². The maximum atomic E-state index is 10.1. The highest BCUT2D eigenvalue weighted by Crippen LogP contribution is 2.06. The summed E-state index contributed by atoms with van der Waals surface area (Å²) in [5.74, 6) is -0.886. The first kappa shape index (κ1) is 15.4. The minimum absolute atomic E-state index is 0. The van der Waals surface area contributed by atoms with Crippen molar-refractivity contribution in [2.24, 2.45) is 0 Å². The summed E-state index contributed by atoms with van der Waals surface area (Å²) in [5.41, 5.74) is 0. The molecular formula is C7H15Cl2NO3. The molecule has 0 unspecified atom stereocenters. The molecule has 1 aliphatic heterocycles. The highest BCUT2D eigenvalue weighted by atomic mass is 35.5. The monoisotopic (exact) mass is 231 g/mol. The van der Waals surface area contributed by atoms with E-state index in [0.717, 1.165) is 25.9 Å². The Morgan fingerprint density at radius 2 is 1.92 bits per heavy atom. The molecule has 4 nitrogen and oxygen atoms in total. The molecule has 0 radical (unpaired) electrons. The molecule has 1 rings (SSSR count). The first-order valence-corrected chi connectivity index (χ1v) is 3.83. The molecule has 1 aliphatic rings. The molecule has 6 heteroatoms. The van der Waals surface area contributed by atoms with Crippen LogP contribution in [0.3, 0.4) is 0 Å². The number of carboxylic acid groups (broad SMARTS) is 1. The van der Waals surface area contributed by atoms with Gasteiger partial charge in [0.1, 0.15) is 6.61 Å². The average molecular weight is 232 g/mol. The SMILES string of the molecule is Cl.Cl.O=C(O)COC1CCNCC1. The topological polar surface area (TPSA) is 58.6 Å². The Kier molecular flexibility index (Phi) is 10.2. The highest BCUT2D eigenvalue weighted by Gasteiger charge is 2.13. The third-order valence-corrected chi connectivity index (χ3v) is 1.73. The van der Waals surface area contributed by atoms with Crippen LogP contribution in [0.5, 0.6) is 0 Å². The second kappa shape index (κ2) is 8.56. The van der Waals surface area contributed by atoms with Crippen LogP contribution in [0.1, 0.15) is 12.8 Å². The van der Waals surface area contributed by atoms with Crippen LogP contribution in [-0.4, -0.2) is 36.9 Å². The van der Waals surface area contributed by atoms with Gasteiger partial charge in [-0.3, -0.25) is 0 Å². The fraction of sp³-hybridized carbons (Fsp3) is 0.857. The number of hydrogen-bond acceptors (Lipinski definition) is 3. The van der Waals surface area contributed by atoms with E-state index in [2.05, 4.69) is 5.32 Å². The maximum absolute atomic E-state index is 10.1. The Morgan fingerprint density at radius 3 is 2.38 bits per heavy atom. The average Bonchev–Trinajstić information content (AvgIpc) is 2.03. The first-order valence-electron chi connectivity index (χ1n) is 3.83. The summed E-state index contributed by atoms with van der Waals surface area (Å²) in [7, 11) is 0. The molecule has 1 saturated heterocycles. The van der Waals surface area contributed by atoms with E-state index in [-0.39, 0.29) is 37.5 Å². The van der Waals surface area contributed by atoms with E-state index in [1.807, 2.05) is 0 Å². The zero-order chi connectivity index (χ0) is 8.10. The van der Waals surface area contributed by atoms with Gasteiger partial charge in [-0.2, -0.15) is 0 Å². The number of ether oxygens (including phenoxy) is 1. The maximum Gasteiger partial charge on any atom is 0.329 e. The summed E-state index contributed by atoms with van der Waals surface area (Å²) >= 11 is 0. The van der Waals surface area contributed by atoms with Gasteiger partial charge in [-0.25, -0.2) is 4.79 Å². The van der Waals surface area contributed by atoms with Gasteiger partial charge in [0.2, 0.25) is 0 Å². The van der Waals surface area contributed by atoms with Gasteiger partial charge in [0, 0.05) is 0 Å². The van der Waals surface area contributed by atoms with Crippen LogP contribution in [0.2, 0.25) is 0 Å². The number of carboxylic acids is 1. The Morgan fingerprint density at radius 1 is 1.38 bits per heavy atom. The van der Waals surface area contributed by atoms with Crippen molar-refractivity contribution in [3.63, 3.8) is 0 Å². The number of nitrogens with one attached hydrogen (secondary N) is 1. The molecule has 13 heavy (non-hydrogen) atoms. The smallest absolute Gasteiger partial charge is 0.329 e. The van der Waals surface area contributed by atoms with E-state index in [0.29, 0.717) is 0 Å². The van der Waals surface area contributed by atoms with Crippen LogP contribution in [0.4, 0.5) is 0 Å². The third-order valence-electron chi connectivity index (χ3n) is 1.73. The molecule has 0 amide bonds. The van der Waals surface area contributed by atoms with Crippen molar-refractivity contribution in [3.8, 4) is 0 Å². The van der Waals surface area contributed by atoms with Gasteiger partial charge in [-0.1, -0.05) is 0 Å². The van der Waals surface area contributed by atoms with Crippen molar-refractivity contribution in [1.82, 2.24) is 5.32 Å². The Hall–Kier alpha value is -0.0300. The van der Waals surface area contributed by atoms with E-state index < -0.39 is 5.97 Å². The van der Waals surface area contributed by atoms with Crippen LogP contribution in [0.15, 0.2) is 0 Å². The Bertz CT molecular complexity index is 140. The van der Waals surface area contributed by atoms with Crippen molar-refractivity contribution in [2.75, 3.05) is 19.7 Å². The number of carbonyl (C=O) groups is 1. The van der Waals surface area contributed by atoms with Crippen molar-refractivity contribution < 1.29 is 14.6 Å². The minimum atomic E-state index is -0.886. The molecule has 0 spiro atoms. The number of halogens is 2. The fourth-order valence-electron chi connectivity index (χ4n) is 1.15. The van der Waals surface area contributed by atoms with E-state index in [4.69, 9.17) is 9.84 Å². The zero-order valence-electron chi connectivity index (χ0n) is 7.19. The van der Waals surface area contributed by atoms with Gasteiger partial charge in [-0.15, -0.1) is 24.8 Å². The van der Waals surface area contributed by atoms with E-state index in [1.165, 1.54) is 0 Å². The summed E-state index contributed by atoms with van der Waals surface area (Å²) in [6, 6.07) is 0. The molecular weight excluding hydrogens is 217 g/mol. The van der Waals surface area contributed by atoms with Crippen molar-refractivity contribution in [3.05, 3.63) is 0 Å². The van der Waals surface area contributed by atoms with Gasteiger partial charge in [0.15, 0.2) is 0 Å². The van der Waals surface area contributed by atoms with Crippen LogP contribution in [0.25, 0.3) is 0 Å². The largest absolute Gasteiger partial charge is 0.480 e. The number of rotatable bonds is 3. The zero-order valence-corrected chi connectivity index (χ0v) is 8.83. The number of hydrogen-bond donors (Lipinski definition) is 2. The summed E-state index contributed by atoms with van der Waals surface area (Å²) in [4.78, 5) is 10.1. The lowest BCUT2D eigenvalue weighted by molar-refractivity contribution is -0.144. The van der Waals surface area contributed by atoms with Crippen LogP contribution in [0, 0.1) is 0 Å². The molecule has 80 valence electrons. The molecule has 0 saturated carbocycles. The molecule has 2 N–H and O–H groups in total. The minimum Gasteiger partial charge on any atom is -0.480 e. The second-order valence-corrected chi connectivity index (χ2v) is 2.65. The standard InChI is InChI=1S/C7H13NO3.2ClH/c9-7(10)5-11-6-1-3-8-4-2-6;;/h6,8H,1-5H2,(H,9,10);2*1H. The van der Waals surface area contributed by atoms with Gasteiger partial charge >= 0.3 is 5.97 Å².